The molecule has 1 amide bonds. The van der Waals surface area contributed by atoms with E-state index in [-0.39, 0.29) is 17.7 Å². The van der Waals surface area contributed by atoms with Crippen LogP contribution >= 0.6 is 11.3 Å². The number of thiophene rings is 1. The third kappa shape index (κ3) is 4.24. The summed E-state index contributed by atoms with van der Waals surface area (Å²) in [6.45, 7) is 7.27. The number of benzene rings is 1. The van der Waals surface area contributed by atoms with Crippen LogP contribution in [0, 0.1) is 12.3 Å². The molecule has 8 nitrogen and oxygen atoms in total. The molecule has 0 aliphatic carbocycles. The molecule has 0 radical (unpaired) electrons. The molecule has 9 heteroatoms. The summed E-state index contributed by atoms with van der Waals surface area (Å²) in [4.78, 5) is 22.5. The Bertz CT molecular complexity index is 1290. The molecule has 1 saturated heterocycles. The van der Waals surface area contributed by atoms with Gasteiger partial charge in [-0.1, -0.05) is 12.6 Å². The van der Waals surface area contributed by atoms with Crippen LogP contribution in [0.2, 0.25) is 0 Å². The maximum absolute atomic E-state index is 12.2. The van der Waals surface area contributed by atoms with Gasteiger partial charge in [0.15, 0.2) is 0 Å². The number of amidine groups is 1. The van der Waals surface area contributed by atoms with Crippen molar-refractivity contribution in [3.63, 3.8) is 0 Å². The lowest BCUT2D eigenvalue weighted by Gasteiger charge is -2.15. The molecule has 0 spiro atoms. The van der Waals surface area contributed by atoms with Crippen LogP contribution in [0.5, 0.6) is 5.75 Å². The number of H-pyrrole nitrogens is 1. The first-order chi connectivity index (χ1) is 16.4. The summed E-state index contributed by atoms with van der Waals surface area (Å²) in [7, 11) is 3.34. The van der Waals surface area contributed by atoms with Gasteiger partial charge in [-0.15, -0.1) is 11.3 Å². The molecule has 1 aliphatic rings. The molecule has 1 aromatic carbocycles. The van der Waals surface area contributed by atoms with Crippen molar-refractivity contribution < 1.29 is 14.3 Å². The molecule has 2 aromatic heterocycles. The second-order valence-corrected chi connectivity index (χ2v) is 9.37. The van der Waals surface area contributed by atoms with Crippen molar-refractivity contribution in [1.29, 1.82) is 5.41 Å². The van der Waals surface area contributed by atoms with Crippen molar-refractivity contribution in [1.82, 2.24) is 9.88 Å². The van der Waals surface area contributed by atoms with Gasteiger partial charge in [0.1, 0.15) is 17.9 Å². The summed E-state index contributed by atoms with van der Waals surface area (Å²) in [5.41, 5.74) is 11.0. The highest BCUT2D eigenvalue weighted by Crippen LogP contribution is 2.44. The van der Waals surface area contributed by atoms with E-state index >= 15 is 0 Å². The number of aryl methyl sites for hydroxylation is 1. The van der Waals surface area contributed by atoms with Crippen molar-refractivity contribution in [2.45, 2.75) is 25.9 Å². The van der Waals surface area contributed by atoms with E-state index < -0.39 is 0 Å². The first kappa shape index (κ1) is 23.7. The number of aromatic nitrogens is 1. The Morgan fingerprint density at radius 2 is 2.21 bits per heavy atom. The Balaban J connectivity index is 1.91. The van der Waals surface area contributed by atoms with Gasteiger partial charge in [0.05, 0.1) is 24.1 Å². The molecule has 178 valence electrons. The highest BCUT2D eigenvalue weighted by Gasteiger charge is 2.32. The summed E-state index contributed by atoms with van der Waals surface area (Å²) < 4.78 is 12.3. The zero-order valence-corrected chi connectivity index (χ0v) is 20.4. The Kier molecular flexibility index (Phi) is 6.85. The van der Waals surface area contributed by atoms with Gasteiger partial charge in [0, 0.05) is 47.8 Å². The Morgan fingerprint density at radius 3 is 2.88 bits per heavy atom. The van der Waals surface area contributed by atoms with Gasteiger partial charge in [-0.2, -0.15) is 0 Å². The van der Waals surface area contributed by atoms with E-state index in [2.05, 4.69) is 28.7 Å². The van der Waals surface area contributed by atoms with Gasteiger partial charge in [-0.3, -0.25) is 10.2 Å². The Hall–Kier alpha value is -3.43. The van der Waals surface area contributed by atoms with E-state index in [1.807, 2.05) is 13.0 Å². The maximum Gasteiger partial charge on any atom is 0.245 e. The van der Waals surface area contributed by atoms with Crippen LogP contribution < -0.4 is 10.5 Å². The molecule has 1 fully saturated rings. The number of aliphatic imine (C=N–C) groups is 1. The Morgan fingerprint density at radius 1 is 1.41 bits per heavy atom. The number of nitrogens with two attached hydrogens (primary N) is 1. The van der Waals surface area contributed by atoms with Gasteiger partial charge < -0.3 is 25.1 Å². The zero-order valence-electron chi connectivity index (χ0n) is 19.6. The molecule has 0 bridgehead atoms. The molecule has 34 heavy (non-hydrogen) atoms. The molecule has 1 atom stereocenters. The number of likely N-dealkylation sites (tertiary alicyclic amines) is 1. The van der Waals surface area contributed by atoms with Gasteiger partial charge in [0.2, 0.25) is 5.91 Å². The fourth-order valence-corrected chi connectivity index (χ4v) is 5.87. The number of nitrogens with one attached hydrogen (secondary N) is 2. The molecule has 4 rings (SSSR count). The number of amides is 1. The van der Waals surface area contributed by atoms with Crippen LogP contribution in [0.4, 0.5) is 0 Å². The minimum absolute atomic E-state index is 0.0698. The van der Waals surface area contributed by atoms with Crippen molar-refractivity contribution in [3.8, 4) is 16.2 Å². The first-order valence-electron chi connectivity index (χ1n) is 11.0. The number of fused-ring (bicyclic) bond motifs is 1. The molecule has 1 unspecified atom stereocenters. The van der Waals surface area contributed by atoms with Crippen molar-refractivity contribution >= 4 is 39.5 Å². The number of carbonyl (C=O) groups is 1. The monoisotopic (exact) mass is 479 g/mol. The third-order valence-corrected chi connectivity index (χ3v) is 7.34. The molecular weight excluding hydrogens is 450 g/mol. The van der Waals surface area contributed by atoms with Crippen molar-refractivity contribution in [2.75, 3.05) is 27.3 Å². The molecule has 4 N–H and O–H groups in total. The summed E-state index contributed by atoms with van der Waals surface area (Å²) in [6.07, 6.45) is 3.11. The lowest BCUT2D eigenvalue weighted by Crippen LogP contribution is -2.26. The standard InChI is InChI=1S/C25H29N5O3S/c1-5-20(31)30-7-6-15(11-30)22-17(12-32-3)21(23(29-22)25(27)28-13-26)19-10-16-8-14(2)9-18(33-4)24(16)34-19/h5,8-10,13,15,29H,1,6-7,11-12H2,2-4H3,(H3,26,27,28). The van der Waals surface area contributed by atoms with E-state index in [0.29, 0.717) is 25.4 Å². The van der Waals surface area contributed by atoms with Crippen molar-refractivity contribution in [2.24, 2.45) is 10.7 Å². The van der Waals surface area contributed by atoms with E-state index in [4.69, 9.17) is 20.6 Å². The van der Waals surface area contributed by atoms with Crippen LogP contribution in [-0.2, 0) is 16.1 Å². The van der Waals surface area contributed by atoms with Gasteiger partial charge in [0.25, 0.3) is 0 Å². The maximum atomic E-state index is 12.2. The predicted molar refractivity (Wildman–Crippen MR) is 137 cm³/mol. The number of ether oxygens (including phenoxy) is 2. The minimum Gasteiger partial charge on any atom is -0.495 e. The fraction of sp³-hybridized carbons (Fsp3) is 0.320. The second-order valence-electron chi connectivity index (χ2n) is 8.31. The van der Waals surface area contributed by atoms with Gasteiger partial charge >= 0.3 is 0 Å². The summed E-state index contributed by atoms with van der Waals surface area (Å²) in [5.74, 6) is 1.08. The third-order valence-electron chi connectivity index (χ3n) is 6.16. The zero-order chi connectivity index (χ0) is 24.4. The number of nitrogens with zero attached hydrogens (tertiary/aromatic N) is 2. The number of methoxy groups -OCH3 is 2. The molecule has 0 saturated carbocycles. The lowest BCUT2D eigenvalue weighted by atomic mass is 9.98. The number of carbonyl (C=O) groups excluding carboxylic acids is 1. The van der Waals surface area contributed by atoms with Crippen LogP contribution in [0.3, 0.4) is 0 Å². The van der Waals surface area contributed by atoms with Gasteiger partial charge in [-0.05, 0) is 42.5 Å². The smallest absolute Gasteiger partial charge is 0.245 e. The van der Waals surface area contributed by atoms with Crippen LogP contribution in [-0.4, -0.2) is 55.3 Å². The normalized spacial score (nSPS) is 16.3. The second kappa shape index (κ2) is 9.82. The Labute approximate surface area is 202 Å². The first-order valence-corrected chi connectivity index (χ1v) is 11.8. The van der Waals surface area contributed by atoms with Crippen LogP contribution in [0.1, 0.15) is 34.9 Å². The predicted octanol–water partition coefficient (Wildman–Crippen LogP) is 4.17. The van der Waals surface area contributed by atoms with E-state index in [0.717, 1.165) is 55.9 Å². The minimum atomic E-state index is -0.0698. The van der Waals surface area contributed by atoms with E-state index in [1.54, 1.807) is 30.5 Å². The SMILES string of the molecule is C=CC(=O)N1CCC(c2[nH]c(C(N)=NC=N)c(-c3cc4cc(C)cc(OC)c4s3)c2COC)C1. The fourth-order valence-electron chi connectivity index (χ4n) is 4.66. The van der Waals surface area contributed by atoms with Gasteiger partial charge in [-0.25, -0.2) is 4.99 Å². The highest BCUT2D eigenvalue weighted by atomic mass is 32.1. The number of rotatable bonds is 8. The van der Waals surface area contributed by atoms with Crippen LogP contribution in [0.25, 0.3) is 20.5 Å². The molecular formula is C25H29N5O3S. The lowest BCUT2D eigenvalue weighted by molar-refractivity contribution is -0.125. The quantitative estimate of drug-likeness (QED) is 0.255. The van der Waals surface area contributed by atoms with E-state index in [1.165, 1.54) is 6.08 Å². The average molecular weight is 480 g/mol. The number of hydrogen-bond donors (Lipinski definition) is 3. The number of hydrogen-bond acceptors (Lipinski definition) is 5. The molecule has 3 heterocycles. The van der Waals surface area contributed by atoms with Crippen molar-refractivity contribution in [3.05, 3.63) is 53.4 Å². The summed E-state index contributed by atoms with van der Waals surface area (Å²) >= 11 is 1.62. The highest BCUT2D eigenvalue weighted by molar-refractivity contribution is 7.22. The van der Waals surface area contributed by atoms with E-state index in [9.17, 15) is 4.79 Å². The topological polar surface area (TPSA) is 117 Å². The average Bonchev–Trinajstić information content (AvgIpc) is 3.54. The summed E-state index contributed by atoms with van der Waals surface area (Å²) in [5, 5.41) is 8.51. The molecule has 3 aromatic rings. The molecule has 1 aliphatic heterocycles. The van der Waals surface area contributed by atoms with Crippen LogP contribution in [0.15, 0.2) is 35.8 Å². The largest absolute Gasteiger partial charge is 0.495 e. The summed E-state index contributed by atoms with van der Waals surface area (Å²) in [6, 6.07) is 6.29. The number of aromatic amines is 1.